The Kier molecular flexibility index (Phi) is 3.75. The van der Waals surface area contributed by atoms with Crippen LogP contribution in [0.1, 0.15) is 5.56 Å². The number of nitrogens with one attached hydrogen (secondary N) is 1. The highest BCUT2D eigenvalue weighted by molar-refractivity contribution is 7.92. The maximum Gasteiger partial charge on any atom is 0.282 e. The summed E-state index contributed by atoms with van der Waals surface area (Å²) in [5.41, 5.74) is 1.22. The van der Waals surface area contributed by atoms with Crippen LogP contribution in [0.25, 0.3) is 0 Å². The SMILES string of the molecule is Cc1ccc(NS(=O)(=O)c2ncn(C)c2Cl)c(Cl)c1. The molecule has 0 aliphatic rings. The monoisotopic (exact) mass is 319 g/mol. The number of sulfonamides is 1. The van der Waals surface area contributed by atoms with E-state index in [1.165, 1.54) is 10.9 Å². The van der Waals surface area contributed by atoms with Crippen molar-refractivity contribution in [2.24, 2.45) is 7.05 Å². The third-order valence-corrected chi connectivity index (χ3v) is 4.62. The normalized spacial score (nSPS) is 11.6. The first kappa shape index (κ1) is 14.2. The number of hydrogen-bond acceptors (Lipinski definition) is 3. The van der Waals surface area contributed by atoms with E-state index in [1.54, 1.807) is 25.2 Å². The van der Waals surface area contributed by atoms with Crippen molar-refractivity contribution in [2.75, 3.05) is 4.72 Å². The number of imidazole rings is 1. The summed E-state index contributed by atoms with van der Waals surface area (Å²) in [6, 6.07) is 5.01. The highest BCUT2D eigenvalue weighted by Crippen LogP contribution is 2.27. The summed E-state index contributed by atoms with van der Waals surface area (Å²) in [5, 5.41) is 0.125. The number of anilines is 1. The lowest BCUT2D eigenvalue weighted by molar-refractivity contribution is 0.598. The zero-order chi connectivity index (χ0) is 14.2. The highest BCUT2D eigenvalue weighted by Gasteiger charge is 2.23. The maximum absolute atomic E-state index is 12.1. The summed E-state index contributed by atoms with van der Waals surface area (Å²) in [5.74, 6) is 0. The average molecular weight is 320 g/mol. The van der Waals surface area contributed by atoms with Gasteiger partial charge in [0.05, 0.1) is 17.0 Å². The summed E-state index contributed by atoms with van der Waals surface area (Å²) < 4.78 is 28.1. The minimum atomic E-state index is -3.86. The lowest BCUT2D eigenvalue weighted by Gasteiger charge is -2.08. The average Bonchev–Trinajstić information content (AvgIpc) is 2.64. The minimum Gasteiger partial charge on any atom is -0.324 e. The fourth-order valence-electron chi connectivity index (χ4n) is 1.47. The van der Waals surface area contributed by atoms with Crippen molar-refractivity contribution < 1.29 is 8.42 Å². The van der Waals surface area contributed by atoms with E-state index in [4.69, 9.17) is 23.2 Å². The molecule has 0 amide bonds. The van der Waals surface area contributed by atoms with Gasteiger partial charge in [-0.1, -0.05) is 29.3 Å². The second-order valence-corrected chi connectivity index (χ2v) is 6.40. The third-order valence-electron chi connectivity index (χ3n) is 2.46. The van der Waals surface area contributed by atoms with E-state index in [9.17, 15) is 8.42 Å². The van der Waals surface area contributed by atoms with Gasteiger partial charge in [0.1, 0.15) is 5.15 Å². The summed E-state index contributed by atoms with van der Waals surface area (Å²) in [6.45, 7) is 1.86. The number of aryl methyl sites for hydroxylation is 2. The summed E-state index contributed by atoms with van der Waals surface area (Å²) >= 11 is 11.9. The van der Waals surface area contributed by atoms with Gasteiger partial charge in [-0.3, -0.25) is 4.72 Å². The molecule has 0 radical (unpaired) electrons. The lowest BCUT2D eigenvalue weighted by atomic mass is 10.2. The molecule has 8 heteroatoms. The molecule has 2 rings (SSSR count). The van der Waals surface area contributed by atoms with Crippen LogP contribution in [0.5, 0.6) is 0 Å². The summed E-state index contributed by atoms with van der Waals surface area (Å²) in [6.07, 6.45) is 1.33. The predicted molar refractivity (Wildman–Crippen MR) is 75.2 cm³/mol. The number of hydrogen-bond donors (Lipinski definition) is 1. The van der Waals surface area contributed by atoms with Gasteiger partial charge in [-0.25, -0.2) is 4.98 Å². The fourth-order valence-corrected chi connectivity index (χ4v) is 3.32. The van der Waals surface area contributed by atoms with Gasteiger partial charge >= 0.3 is 0 Å². The Morgan fingerprint density at radius 2 is 2.00 bits per heavy atom. The van der Waals surface area contributed by atoms with Crippen LogP contribution in [-0.2, 0) is 17.1 Å². The summed E-state index contributed by atoms with van der Waals surface area (Å²) in [4.78, 5) is 3.77. The molecule has 0 unspecified atom stereocenters. The third kappa shape index (κ3) is 2.86. The van der Waals surface area contributed by atoms with E-state index < -0.39 is 10.0 Å². The molecule has 0 saturated carbocycles. The molecule has 5 nitrogen and oxygen atoms in total. The molecule has 0 saturated heterocycles. The number of rotatable bonds is 3. The van der Waals surface area contributed by atoms with Crippen LogP contribution in [0, 0.1) is 6.92 Å². The van der Waals surface area contributed by atoms with Crippen LogP contribution < -0.4 is 4.72 Å². The molecule has 102 valence electrons. The van der Waals surface area contributed by atoms with E-state index in [2.05, 4.69) is 9.71 Å². The van der Waals surface area contributed by atoms with Crippen molar-refractivity contribution >= 4 is 38.9 Å². The Labute approximate surface area is 121 Å². The number of aromatic nitrogens is 2. The zero-order valence-electron chi connectivity index (χ0n) is 10.2. The molecule has 1 heterocycles. The first-order valence-corrected chi connectivity index (χ1v) is 7.51. The van der Waals surface area contributed by atoms with Gasteiger partial charge in [0, 0.05) is 7.05 Å². The van der Waals surface area contributed by atoms with E-state index >= 15 is 0 Å². The Morgan fingerprint density at radius 3 is 2.53 bits per heavy atom. The molecule has 1 aromatic heterocycles. The van der Waals surface area contributed by atoms with Crippen molar-refractivity contribution in [3.63, 3.8) is 0 Å². The van der Waals surface area contributed by atoms with Gasteiger partial charge in [-0.05, 0) is 24.6 Å². The molecule has 1 N–H and O–H groups in total. The van der Waals surface area contributed by atoms with Crippen LogP contribution >= 0.6 is 23.2 Å². The molecule has 0 bridgehead atoms. The highest BCUT2D eigenvalue weighted by atomic mass is 35.5. The molecule has 0 atom stereocenters. The molecule has 0 fully saturated rings. The van der Waals surface area contributed by atoms with Crippen LogP contribution in [-0.4, -0.2) is 18.0 Å². The minimum absolute atomic E-state index is 0.0377. The lowest BCUT2D eigenvalue weighted by Crippen LogP contribution is -2.14. The fraction of sp³-hybridized carbons (Fsp3) is 0.182. The molecule has 1 aromatic carbocycles. The van der Waals surface area contributed by atoms with Crippen LogP contribution in [0.2, 0.25) is 10.2 Å². The van der Waals surface area contributed by atoms with E-state index in [0.29, 0.717) is 5.02 Å². The first-order chi connectivity index (χ1) is 8.81. The van der Waals surface area contributed by atoms with E-state index in [1.807, 2.05) is 6.92 Å². The van der Waals surface area contributed by atoms with Gasteiger partial charge in [0.2, 0.25) is 5.03 Å². The molecule has 19 heavy (non-hydrogen) atoms. The van der Waals surface area contributed by atoms with Crippen LogP contribution in [0.15, 0.2) is 29.6 Å². The van der Waals surface area contributed by atoms with E-state index in [-0.39, 0.29) is 15.9 Å². The maximum atomic E-state index is 12.1. The molecule has 2 aromatic rings. The molecular weight excluding hydrogens is 309 g/mol. The molecule has 0 spiro atoms. The quantitative estimate of drug-likeness (QED) is 0.946. The summed E-state index contributed by atoms with van der Waals surface area (Å²) in [7, 11) is -2.25. The van der Waals surface area contributed by atoms with Crippen molar-refractivity contribution in [1.82, 2.24) is 9.55 Å². The van der Waals surface area contributed by atoms with Crippen molar-refractivity contribution in [3.05, 3.63) is 40.3 Å². The molecular formula is C11H11Cl2N3O2S. The van der Waals surface area contributed by atoms with Crippen molar-refractivity contribution in [2.45, 2.75) is 11.9 Å². The standard InChI is InChI=1S/C11H11Cl2N3O2S/c1-7-3-4-9(8(12)5-7)15-19(17,18)11-10(13)16(2)6-14-11/h3-6,15H,1-2H3. The topological polar surface area (TPSA) is 64.0 Å². The van der Waals surface area contributed by atoms with Gasteiger partial charge < -0.3 is 4.57 Å². The second kappa shape index (κ2) is 5.03. The van der Waals surface area contributed by atoms with E-state index in [0.717, 1.165) is 5.56 Å². The molecule has 0 aliphatic heterocycles. The first-order valence-electron chi connectivity index (χ1n) is 5.27. The zero-order valence-corrected chi connectivity index (χ0v) is 12.5. The Balaban J connectivity index is 2.39. The Bertz CT molecular complexity index is 726. The second-order valence-electron chi connectivity index (χ2n) is 4.04. The largest absolute Gasteiger partial charge is 0.324 e. The van der Waals surface area contributed by atoms with Crippen molar-refractivity contribution in [1.29, 1.82) is 0 Å². The van der Waals surface area contributed by atoms with Crippen LogP contribution in [0.4, 0.5) is 5.69 Å². The van der Waals surface area contributed by atoms with Gasteiger partial charge in [0.25, 0.3) is 10.0 Å². The van der Waals surface area contributed by atoms with Crippen molar-refractivity contribution in [3.8, 4) is 0 Å². The Morgan fingerprint density at radius 1 is 1.32 bits per heavy atom. The van der Waals surface area contributed by atoms with Gasteiger partial charge in [0.15, 0.2) is 0 Å². The predicted octanol–water partition coefficient (Wildman–Crippen LogP) is 2.84. The van der Waals surface area contributed by atoms with Crippen LogP contribution in [0.3, 0.4) is 0 Å². The number of nitrogens with zero attached hydrogens (tertiary/aromatic N) is 2. The Hall–Kier alpha value is -1.24. The smallest absolute Gasteiger partial charge is 0.282 e. The number of halogens is 2. The number of benzene rings is 1. The van der Waals surface area contributed by atoms with Gasteiger partial charge in [-0.2, -0.15) is 8.42 Å². The van der Waals surface area contributed by atoms with Gasteiger partial charge in [-0.15, -0.1) is 0 Å². The molecule has 0 aliphatic carbocycles.